The fourth-order valence-corrected chi connectivity index (χ4v) is 2.30. The van der Waals surface area contributed by atoms with E-state index in [4.69, 9.17) is 0 Å². The molecule has 5 heteroatoms. The zero-order valence-electron chi connectivity index (χ0n) is 6.14. The molecule has 0 aromatic heterocycles. The van der Waals surface area contributed by atoms with Crippen LogP contribution in [0.3, 0.4) is 0 Å². The predicted molar refractivity (Wildman–Crippen MR) is 47.4 cm³/mol. The monoisotopic (exact) mass is 246 g/mol. The van der Waals surface area contributed by atoms with Gasteiger partial charge in [0, 0.05) is 0 Å². The van der Waals surface area contributed by atoms with Crippen LogP contribution < -0.4 is 8.43 Å². The molecule has 0 spiro atoms. The lowest BCUT2D eigenvalue weighted by molar-refractivity contribution is -0.0498. The van der Waals surface area contributed by atoms with Gasteiger partial charge < -0.3 is 4.74 Å². The molecule has 0 bridgehead atoms. The molecule has 0 aliphatic rings. The highest BCUT2D eigenvalue weighted by Crippen LogP contribution is 2.10. The molecule has 1 nitrogen and oxygen atoms in total. The maximum atomic E-state index is 11.7. The number of ether oxygens (including phenoxy) is 1. The lowest BCUT2D eigenvalue weighted by Crippen LogP contribution is -2.08. The van der Waals surface area contributed by atoms with Gasteiger partial charge in [-0.05, 0) is 12.1 Å². The fraction of sp³-hybridized carbons (Fsp3) is 0.143. The van der Waals surface area contributed by atoms with E-state index in [2.05, 4.69) is 17.6 Å². The van der Waals surface area contributed by atoms with Gasteiger partial charge in [0.1, 0.15) is 5.75 Å². The van der Waals surface area contributed by atoms with Crippen LogP contribution in [0.5, 0.6) is 5.75 Å². The Morgan fingerprint density at radius 3 is 2.25 bits per heavy atom. The Labute approximate surface area is 84.7 Å². The smallest absolute Gasteiger partial charge is 0.435 e. The second kappa shape index (κ2) is 4.99. The van der Waals surface area contributed by atoms with Crippen molar-refractivity contribution in [3.63, 3.8) is 0 Å². The number of alkyl halides is 2. The summed E-state index contributed by atoms with van der Waals surface area (Å²) in [5, 5.41) is 0. The average Bonchev–Trinajstić information content (AvgIpc) is 2.05. The van der Waals surface area contributed by atoms with E-state index in [9.17, 15) is 8.78 Å². The molecule has 0 heterocycles. The number of rotatable bonds is 3. The molecule has 0 saturated heterocycles. The number of hydrogen-bond donors (Lipinski definition) is 0. The van der Waals surface area contributed by atoms with Gasteiger partial charge >= 0.3 is 24.8 Å². The van der Waals surface area contributed by atoms with Crippen LogP contribution >= 0.6 is 12.9 Å². The first-order valence-electron chi connectivity index (χ1n) is 3.32. The normalized spacial score (nSPS) is 9.67. The van der Waals surface area contributed by atoms with Crippen LogP contribution in [-0.2, 0) is 0 Å². The van der Waals surface area contributed by atoms with Crippen LogP contribution in [0.25, 0.3) is 0 Å². The molecule has 0 aliphatic heterocycles. The fourth-order valence-electron chi connectivity index (χ4n) is 0.760. The second-order valence-corrected chi connectivity index (χ2v) is 4.92. The summed E-state index contributed by atoms with van der Waals surface area (Å²) >= 11 is 3.00. The SMILES string of the molecule is FC(F)Oc1cc[c]([Mg][Br])cc1. The molecule has 0 atom stereocenters. The summed E-state index contributed by atoms with van der Waals surface area (Å²) in [6, 6.07) is 6.68. The number of hydrogen-bond acceptors (Lipinski definition) is 1. The van der Waals surface area contributed by atoms with Crippen LogP contribution in [0.15, 0.2) is 24.3 Å². The van der Waals surface area contributed by atoms with Crippen molar-refractivity contribution in [2.75, 3.05) is 0 Å². The van der Waals surface area contributed by atoms with Crippen molar-refractivity contribution < 1.29 is 13.5 Å². The van der Waals surface area contributed by atoms with Gasteiger partial charge in [-0.3, -0.25) is 12.9 Å². The minimum absolute atomic E-state index is 0.212. The summed E-state index contributed by atoms with van der Waals surface area (Å²) in [5.74, 6) is 0.212. The largest absolute Gasteiger partial charge is 0.506 e. The predicted octanol–water partition coefficient (Wildman–Crippen LogP) is 1.93. The lowest BCUT2D eigenvalue weighted by atomic mass is 10.3. The van der Waals surface area contributed by atoms with Gasteiger partial charge in [-0.25, -0.2) is 0 Å². The average molecular weight is 247 g/mol. The van der Waals surface area contributed by atoms with Crippen molar-refractivity contribution in [2.24, 2.45) is 0 Å². The quantitative estimate of drug-likeness (QED) is 0.742. The minimum atomic E-state index is -2.74. The maximum Gasteiger partial charge on any atom is 0.506 e. The van der Waals surface area contributed by atoms with Gasteiger partial charge in [-0.1, -0.05) is 12.1 Å². The first-order chi connectivity index (χ1) is 5.72. The number of benzene rings is 1. The molecule has 1 rings (SSSR count). The molecule has 0 amide bonds. The molecule has 0 fully saturated rings. The second-order valence-electron chi connectivity index (χ2n) is 2.16. The third-order valence-electron chi connectivity index (χ3n) is 1.30. The Kier molecular flexibility index (Phi) is 4.24. The van der Waals surface area contributed by atoms with Crippen molar-refractivity contribution in [2.45, 2.75) is 6.61 Å². The Hall–Kier alpha value is 0.126. The van der Waals surface area contributed by atoms with Crippen LogP contribution in [0.4, 0.5) is 8.78 Å². The van der Waals surface area contributed by atoms with Gasteiger partial charge in [-0.15, -0.1) is 0 Å². The van der Waals surface area contributed by atoms with Crippen molar-refractivity contribution in [1.29, 1.82) is 0 Å². The topological polar surface area (TPSA) is 9.23 Å². The number of halogens is 3. The summed E-state index contributed by atoms with van der Waals surface area (Å²) in [7, 11) is 0. The first kappa shape index (κ1) is 10.2. The lowest BCUT2D eigenvalue weighted by Gasteiger charge is -2.03. The summed E-state index contributed by atoms with van der Waals surface area (Å²) in [4.78, 5) is 0. The zero-order chi connectivity index (χ0) is 8.97. The highest BCUT2D eigenvalue weighted by atomic mass is 79.9. The molecule has 1 aromatic carbocycles. The van der Waals surface area contributed by atoms with Gasteiger partial charge in [0.2, 0.25) is 0 Å². The summed E-state index contributed by atoms with van der Waals surface area (Å²) in [5.41, 5.74) is 0. The molecular formula is C7H5BrF2MgO. The van der Waals surface area contributed by atoms with E-state index in [0.29, 0.717) is 0 Å². The molecule has 62 valence electrons. The third kappa shape index (κ3) is 3.24. The van der Waals surface area contributed by atoms with E-state index in [0.717, 1.165) is 3.69 Å². The van der Waals surface area contributed by atoms with Gasteiger partial charge in [0.15, 0.2) is 0 Å². The first-order valence-corrected chi connectivity index (χ1v) is 7.92. The Bertz CT molecular complexity index is 240. The summed E-state index contributed by atoms with van der Waals surface area (Å²) < 4.78 is 28.7. The van der Waals surface area contributed by atoms with E-state index in [1.165, 1.54) is 0 Å². The summed E-state index contributed by atoms with van der Waals surface area (Å²) in [6.07, 6.45) is 0. The Morgan fingerprint density at radius 2 is 1.83 bits per heavy atom. The van der Waals surface area contributed by atoms with Crippen molar-refractivity contribution in [3.8, 4) is 5.75 Å². The molecule has 0 saturated carbocycles. The van der Waals surface area contributed by atoms with Crippen molar-refractivity contribution in [1.82, 2.24) is 0 Å². The van der Waals surface area contributed by atoms with Crippen LogP contribution in [-0.4, -0.2) is 24.8 Å². The van der Waals surface area contributed by atoms with Crippen LogP contribution in [0.1, 0.15) is 0 Å². The Morgan fingerprint density at radius 1 is 1.25 bits per heavy atom. The van der Waals surface area contributed by atoms with E-state index in [1.54, 1.807) is 24.3 Å². The highest BCUT2D eigenvalue weighted by molar-refractivity contribution is 9.23. The minimum Gasteiger partial charge on any atom is -0.435 e. The highest BCUT2D eigenvalue weighted by Gasteiger charge is 2.03. The van der Waals surface area contributed by atoms with E-state index < -0.39 is 6.61 Å². The van der Waals surface area contributed by atoms with Crippen LogP contribution in [0.2, 0.25) is 0 Å². The van der Waals surface area contributed by atoms with E-state index in [1.807, 2.05) is 0 Å². The molecular weight excluding hydrogens is 242 g/mol. The molecule has 12 heavy (non-hydrogen) atoms. The van der Waals surface area contributed by atoms with Gasteiger partial charge in [-0.2, -0.15) is 12.5 Å². The zero-order valence-corrected chi connectivity index (χ0v) is 9.14. The molecule has 0 unspecified atom stereocenters. The molecule has 1 aromatic rings. The molecule has 0 aliphatic carbocycles. The van der Waals surface area contributed by atoms with E-state index >= 15 is 0 Å². The third-order valence-corrected chi connectivity index (χ3v) is 4.03. The molecule has 0 N–H and O–H groups in total. The van der Waals surface area contributed by atoms with Crippen molar-refractivity contribution >= 4 is 34.8 Å². The Balaban J connectivity index is 2.65. The van der Waals surface area contributed by atoms with Crippen molar-refractivity contribution in [3.05, 3.63) is 24.3 Å². The van der Waals surface area contributed by atoms with Crippen LogP contribution in [0, 0.1) is 0 Å². The standard InChI is InChI=1S/C7H5F2O.BrH.Mg/c8-7(9)10-6-4-2-1-3-5-6;;/h2-5,7H;1H;/q;;+1/p-1. The van der Waals surface area contributed by atoms with Gasteiger partial charge in [0.05, 0.1) is 0 Å². The van der Waals surface area contributed by atoms with E-state index in [-0.39, 0.29) is 23.9 Å². The summed E-state index contributed by atoms with van der Waals surface area (Å²) in [6.45, 7) is -2.74. The molecule has 0 radical (unpaired) electrons. The maximum absolute atomic E-state index is 11.7. The van der Waals surface area contributed by atoms with Gasteiger partial charge in [0.25, 0.3) is 0 Å².